The number of hydrogen-bond donors (Lipinski definition) is 1. The van der Waals surface area contributed by atoms with Gasteiger partial charge in [-0.25, -0.2) is 0 Å². The summed E-state index contributed by atoms with van der Waals surface area (Å²) in [6.45, 7) is 4.46. The van der Waals surface area contributed by atoms with Crippen LogP contribution in [0.15, 0.2) is 53.0 Å². The fourth-order valence-electron chi connectivity index (χ4n) is 2.36. The Bertz CT molecular complexity index is 528. The van der Waals surface area contributed by atoms with Crippen LogP contribution >= 0.6 is 15.9 Å². The summed E-state index contributed by atoms with van der Waals surface area (Å²) in [5.41, 5.74) is 4.09. The lowest BCUT2D eigenvalue weighted by molar-refractivity contribution is 0.591. The third-order valence-corrected chi connectivity index (χ3v) is 4.24. The van der Waals surface area contributed by atoms with Gasteiger partial charge in [0.15, 0.2) is 0 Å². The zero-order valence-electron chi connectivity index (χ0n) is 12.4. The maximum absolute atomic E-state index is 3.48. The second-order valence-electron chi connectivity index (χ2n) is 5.49. The Hall–Kier alpha value is -1.12. The predicted molar refractivity (Wildman–Crippen MR) is 90.2 cm³/mol. The zero-order chi connectivity index (χ0) is 14.5. The highest BCUT2D eigenvalue weighted by atomic mass is 79.9. The molecule has 0 amide bonds. The van der Waals surface area contributed by atoms with Gasteiger partial charge in [-0.15, -0.1) is 0 Å². The molecular weight excluding hydrogens is 310 g/mol. The molecule has 1 unspecified atom stereocenters. The standard InChI is InChI=1S/C18H22BrN/c1-13(2)15-6-8-16(9-7-15)18(20-3)12-14-4-10-17(19)11-5-14/h4-11,13,18,20H,12H2,1-3H3. The van der Waals surface area contributed by atoms with E-state index in [1.165, 1.54) is 16.7 Å². The molecule has 2 rings (SSSR count). The molecule has 20 heavy (non-hydrogen) atoms. The van der Waals surface area contributed by atoms with Crippen molar-refractivity contribution >= 4 is 15.9 Å². The first kappa shape index (κ1) is 15.3. The van der Waals surface area contributed by atoms with E-state index in [4.69, 9.17) is 0 Å². The first-order valence-electron chi connectivity index (χ1n) is 7.11. The van der Waals surface area contributed by atoms with Crippen LogP contribution in [-0.2, 0) is 6.42 Å². The van der Waals surface area contributed by atoms with Crippen molar-refractivity contribution in [3.05, 3.63) is 69.7 Å². The van der Waals surface area contributed by atoms with Crippen LogP contribution in [0, 0.1) is 0 Å². The number of benzene rings is 2. The molecule has 1 atom stereocenters. The summed E-state index contributed by atoms with van der Waals surface area (Å²) in [5, 5.41) is 3.42. The minimum absolute atomic E-state index is 0.359. The Morgan fingerprint density at radius 3 is 1.95 bits per heavy atom. The van der Waals surface area contributed by atoms with Gasteiger partial charge < -0.3 is 5.32 Å². The summed E-state index contributed by atoms with van der Waals surface area (Å²) in [4.78, 5) is 0. The lowest BCUT2D eigenvalue weighted by atomic mass is 9.95. The molecule has 0 bridgehead atoms. The number of rotatable bonds is 5. The minimum Gasteiger partial charge on any atom is -0.313 e. The van der Waals surface area contributed by atoms with E-state index >= 15 is 0 Å². The summed E-state index contributed by atoms with van der Waals surface area (Å²) in [6, 6.07) is 17.9. The van der Waals surface area contributed by atoms with Crippen molar-refractivity contribution in [3.8, 4) is 0 Å². The third-order valence-electron chi connectivity index (χ3n) is 3.71. The third kappa shape index (κ3) is 3.94. The highest BCUT2D eigenvalue weighted by Crippen LogP contribution is 2.22. The van der Waals surface area contributed by atoms with Gasteiger partial charge in [0.25, 0.3) is 0 Å². The number of halogens is 1. The number of hydrogen-bond acceptors (Lipinski definition) is 1. The van der Waals surface area contributed by atoms with Crippen molar-refractivity contribution in [1.29, 1.82) is 0 Å². The molecular formula is C18H22BrN. The maximum atomic E-state index is 3.48. The molecule has 0 radical (unpaired) electrons. The smallest absolute Gasteiger partial charge is 0.0358 e. The van der Waals surface area contributed by atoms with Gasteiger partial charge in [-0.3, -0.25) is 0 Å². The van der Waals surface area contributed by atoms with E-state index in [1.54, 1.807) is 0 Å². The molecule has 0 aliphatic carbocycles. The van der Waals surface area contributed by atoms with Gasteiger partial charge in [0.05, 0.1) is 0 Å². The van der Waals surface area contributed by atoms with E-state index in [-0.39, 0.29) is 0 Å². The summed E-state index contributed by atoms with van der Waals surface area (Å²) < 4.78 is 1.13. The zero-order valence-corrected chi connectivity index (χ0v) is 13.9. The highest BCUT2D eigenvalue weighted by Gasteiger charge is 2.10. The van der Waals surface area contributed by atoms with Gasteiger partial charge in [0.1, 0.15) is 0 Å². The quantitative estimate of drug-likeness (QED) is 0.805. The predicted octanol–water partition coefficient (Wildman–Crippen LogP) is 5.08. The second kappa shape index (κ2) is 7.05. The molecule has 1 N–H and O–H groups in total. The summed E-state index contributed by atoms with van der Waals surface area (Å²) in [5.74, 6) is 0.587. The van der Waals surface area contributed by atoms with Crippen LogP contribution in [0.5, 0.6) is 0 Å². The fraction of sp³-hybridized carbons (Fsp3) is 0.333. The van der Waals surface area contributed by atoms with Gasteiger partial charge in [-0.2, -0.15) is 0 Å². The molecule has 0 heterocycles. The molecule has 0 spiro atoms. The summed E-state index contributed by atoms with van der Waals surface area (Å²) in [7, 11) is 2.03. The molecule has 0 saturated carbocycles. The molecule has 1 nitrogen and oxygen atoms in total. The topological polar surface area (TPSA) is 12.0 Å². The van der Waals surface area contributed by atoms with Crippen LogP contribution in [0.3, 0.4) is 0 Å². The molecule has 2 heteroatoms. The largest absolute Gasteiger partial charge is 0.313 e. The summed E-state index contributed by atoms with van der Waals surface area (Å²) in [6.07, 6.45) is 1.00. The SMILES string of the molecule is CNC(Cc1ccc(Br)cc1)c1ccc(C(C)C)cc1. The van der Waals surface area contributed by atoms with Crippen molar-refractivity contribution in [3.63, 3.8) is 0 Å². The Labute approximate surface area is 130 Å². The van der Waals surface area contributed by atoms with E-state index in [0.717, 1.165) is 10.9 Å². The molecule has 0 aromatic heterocycles. The van der Waals surface area contributed by atoms with Gasteiger partial charge in [-0.05, 0) is 48.2 Å². The van der Waals surface area contributed by atoms with Crippen LogP contribution in [0.2, 0.25) is 0 Å². The summed E-state index contributed by atoms with van der Waals surface area (Å²) >= 11 is 3.48. The van der Waals surface area contributed by atoms with Crippen LogP contribution in [0.4, 0.5) is 0 Å². The molecule has 0 aliphatic heterocycles. The van der Waals surface area contributed by atoms with Crippen molar-refractivity contribution in [1.82, 2.24) is 5.32 Å². The fourth-order valence-corrected chi connectivity index (χ4v) is 2.62. The average Bonchev–Trinajstić information content (AvgIpc) is 2.47. The number of likely N-dealkylation sites (N-methyl/N-ethyl adjacent to an activating group) is 1. The molecule has 0 fully saturated rings. The normalized spacial score (nSPS) is 12.7. The molecule has 0 saturated heterocycles. The Morgan fingerprint density at radius 1 is 0.900 bits per heavy atom. The maximum Gasteiger partial charge on any atom is 0.0358 e. The van der Waals surface area contributed by atoms with Crippen molar-refractivity contribution in [2.45, 2.75) is 32.2 Å². The van der Waals surface area contributed by atoms with Crippen LogP contribution in [0.1, 0.15) is 42.5 Å². The lowest BCUT2D eigenvalue weighted by Crippen LogP contribution is -2.18. The first-order valence-corrected chi connectivity index (χ1v) is 7.91. The van der Waals surface area contributed by atoms with E-state index in [9.17, 15) is 0 Å². The van der Waals surface area contributed by atoms with E-state index in [2.05, 4.69) is 83.6 Å². The van der Waals surface area contributed by atoms with Gasteiger partial charge in [0, 0.05) is 10.5 Å². The molecule has 0 aliphatic rings. The van der Waals surface area contributed by atoms with E-state index in [1.807, 2.05) is 7.05 Å². The molecule has 2 aromatic carbocycles. The minimum atomic E-state index is 0.359. The van der Waals surface area contributed by atoms with E-state index < -0.39 is 0 Å². The van der Waals surface area contributed by atoms with Crippen LogP contribution < -0.4 is 5.32 Å². The first-order chi connectivity index (χ1) is 9.60. The number of nitrogens with one attached hydrogen (secondary N) is 1. The molecule has 2 aromatic rings. The van der Waals surface area contributed by atoms with Crippen LogP contribution in [-0.4, -0.2) is 7.05 Å². The average molecular weight is 332 g/mol. The van der Waals surface area contributed by atoms with Crippen LogP contribution in [0.25, 0.3) is 0 Å². The van der Waals surface area contributed by atoms with E-state index in [0.29, 0.717) is 12.0 Å². The highest BCUT2D eigenvalue weighted by molar-refractivity contribution is 9.10. The van der Waals surface area contributed by atoms with Crippen molar-refractivity contribution < 1.29 is 0 Å². The van der Waals surface area contributed by atoms with Gasteiger partial charge in [0.2, 0.25) is 0 Å². The van der Waals surface area contributed by atoms with Crippen molar-refractivity contribution in [2.24, 2.45) is 0 Å². The Kier molecular flexibility index (Phi) is 5.38. The Morgan fingerprint density at radius 2 is 1.45 bits per heavy atom. The lowest BCUT2D eigenvalue weighted by Gasteiger charge is -2.18. The monoisotopic (exact) mass is 331 g/mol. The van der Waals surface area contributed by atoms with Crippen molar-refractivity contribution in [2.75, 3.05) is 7.05 Å². The Balaban J connectivity index is 2.13. The molecule has 106 valence electrons. The van der Waals surface area contributed by atoms with Gasteiger partial charge >= 0.3 is 0 Å². The second-order valence-corrected chi connectivity index (χ2v) is 6.41. The van der Waals surface area contributed by atoms with Gasteiger partial charge in [-0.1, -0.05) is 66.2 Å².